The predicted octanol–water partition coefficient (Wildman–Crippen LogP) is 2.98. The van der Waals surface area contributed by atoms with Gasteiger partial charge < -0.3 is 14.8 Å². The van der Waals surface area contributed by atoms with E-state index in [1.807, 2.05) is 24.1 Å². The van der Waals surface area contributed by atoms with Gasteiger partial charge in [-0.3, -0.25) is 4.79 Å². The molecule has 1 N–H and O–H groups in total. The molecular weight excluding hydrogens is 274 g/mol. The zero-order valence-corrected chi connectivity index (χ0v) is 13.5. The number of carbonyl (C=O) groups is 1. The molecule has 4 heteroatoms. The molecule has 22 heavy (non-hydrogen) atoms. The predicted molar refractivity (Wildman–Crippen MR) is 89.4 cm³/mol. The number of rotatable bonds is 2. The van der Waals surface area contributed by atoms with E-state index in [2.05, 4.69) is 48.0 Å². The maximum atomic E-state index is 12.7. The SMILES string of the molecule is Cc1ccc(N2CCN(C(=O)c3cc[nH]c3C)[C@@H](C)C2)cc1. The Bertz CT molecular complexity index is 659. The molecule has 1 aliphatic rings. The molecule has 0 radical (unpaired) electrons. The molecule has 1 fully saturated rings. The Morgan fingerprint density at radius 3 is 2.45 bits per heavy atom. The maximum Gasteiger partial charge on any atom is 0.256 e. The van der Waals surface area contributed by atoms with Gasteiger partial charge >= 0.3 is 0 Å². The van der Waals surface area contributed by atoms with Crippen LogP contribution in [-0.2, 0) is 0 Å². The summed E-state index contributed by atoms with van der Waals surface area (Å²) in [7, 11) is 0. The minimum absolute atomic E-state index is 0.134. The van der Waals surface area contributed by atoms with E-state index in [1.165, 1.54) is 11.3 Å². The first-order chi connectivity index (χ1) is 10.6. The van der Waals surface area contributed by atoms with Crippen molar-refractivity contribution < 1.29 is 4.79 Å². The van der Waals surface area contributed by atoms with Gasteiger partial charge in [-0.1, -0.05) is 17.7 Å². The lowest BCUT2D eigenvalue weighted by atomic mass is 10.1. The standard InChI is InChI=1S/C18H23N3O/c1-13-4-6-16(7-5-13)20-10-11-21(14(2)12-20)18(22)17-8-9-19-15(17)3/h4-9,14,19H,10-12H2,1-3H3/t14-/m0/s1. The topological polar surface area (TPSA) is 39.3 Å². The van der Waals surface area contributed by atoms with E-state index in [1.54, 1.807) is 0 Å². The van der Waals surface area contributed by atoms with Crippen LogP contribution in [0.4, 0.5) is 5.69 Å². The van der Waals surface area contributed by atoms with E-state index in [9.17, 15) is 4.79 Å². The van der Waals surface area contributed by atoms with Gasteiger partial charge in [0.15, 0.2) is 0 Å². The molecule has 0 saturated carbocycles. The number of piperazine rings is 1. The largest absolute Gasteiger partial charge is 0.368 e. The quantitative estimate of drug-likeness (QED) is 0.925. The number of aromatic amines is 1. The zero-order chi connectivity index (χ0) is 15.7. The van der Waals surface area contributed by atoms with Crippen molar-refractivity contribution in [1.82, 2.24) is 9.88 Å². The molecular formula is C18H23N3O. The Morgan fingerprint density at radius 1 is 1.14 bits per heavy atom. The second-order valence-corrected chi connectivity index (χ2v) is 6.15. The summed E-state index contributed by atoms with van der Waals surface area (Å²) in [5, 5.41) is 0. The third-order valence-electron chi connectivity index (χ3n) is 4.47. The molecule has 1 amide bonds. The number of benzene rings is 1. The second kappa shape index (κ2) is 5.87. The van der Waals surface area contributed by atoms with E-state index < -0.39 is 0 Å². The third kappa shape index (κ3) is 2.73. The van der Waals surface area contributed by atoms with Crippen molar-refractivity contribution >= 4 is 11.6 Å². The molecule has 0 unspecified atom stereocenters. The van der Waals surface area contributed by atoms with Crippen LogP contribution in [0.3, 0.4) is 0 Å². The summed E-state index contributed by atoms with van der Waals surface area (Å²) in [5.41, 5.74) is 4.24. The van der Waals surface area contributed by atoms with E-state index in [-0.39, 0.29) is 11.9 Å². The van der Waals surface area contributed by atoms with E-state index in [0.717, 1.165) is 30.9 Å². The first kappa shape index (κ1) is 14.7. The van der Waals surface area contributed by atoms with Gasteiger partial charge in [0.05, 0.1) is 5.56 Å². The lowest BCUT2D eigenvalue weighted by Crippen LogP contribution is -2.54. The van der Waals surface area contributed by atoms with Crippen molar-refractivity contribution in [1.29, 1.82) is 0 Å². The number of hydrogen-bond donors (Lipinski definition) is 1. The highest BCUT2D eigenvalue weighted by Gasteiger charge is 2.29. The van der Waals surface area contributed by atoms with Crippen molar-refractivity contribution in [3.8, 4) is 0 Å². The molecule has 2 aromatic rings. The number of aromatic nitrogens is 1. The van der Waals surface area contributed by atoms with Crippen LogP contribution in [0, 0.1) is 13.8 Å². The van der Waals surface area contributed by atoms with Gasteiger partial charge in [-0.25, -0.2) is 0 Å². The van der Waals surface area contributed by atoms with Crippen LogP contribution in [0.15, 0.2) is 36.5 Å². The van der Waals surface area contributed by atoms with E-state index in [0.29, 0.717) is 0 Å². The molecule has 1 saturated heterocycles. The molecule has 0 bridgehead atoms. The number of aryl methyl sites for hydroxylation is 2. The summed E-state index contributed by atoms with van der Waals surface area (Å²) in [5.74, 6) is 0.134. The first-order valence-electron chi connectivity index (χ1n) is 7.83. The normalized spacial score (nSPS) is 18.6. The molecule has 3 rings (SSSR count). The molecule has 4 nitrogen and oxygen atoms in total. The monoisotopic (exact) mass is 297 g/mol. The lowest BCUT2D eigenvalue weighted by Gasteiger charge is -2.41. The van der Waals surface area contributed by atoms with Crippen LogP contribution >= 0.6 is 0 Å². The Labute approximate surface area is 131 Å². The fraction of sp³-hybridized carbons (Fsp3) is 0.389. The van der Waals surface area contributed by atoms with Crippen molar-refractivity contribution in [3.63, 3.8) is 0 Å². The number of amides is 1. The molecule has 116 valence electrons. The van der Waals surface area contributed by atoms with Crippen LogP contribution < -0.4 is 4.90 Å². The Kier molecular flexibility index (Phi) is 3.92. The number of anilines is 1. The number of carbonyl (C=O) groups excluding carboxylic acids is 1. The molecule has 0 spiro atoms. The van der Waals surface area contributed by atoms with E-state index >= 15 is 0 Å². The zero-order valence-electron chi connectivity index (χ0n) is 13.5. The van der Waals surface area contributed by atoms with Gasteiger partial charge in [-0.15, -0.1) is 0 Å². The molecule has 1 aromatic carbocycles. The van der Waals surface area contributed by atoms with Gasteiger partial charge in [-0.2, -0.15) is 0 Å². The highest BCUT2D eigenvalue weighted by Crippen LogP contribution is 2.21. The maximum absolute atomic E-state index is 12.7. The van der Waals surface area contributed by atoms with Crippen molar-refractivity contribution in [2.45, 2.75) is 26.8 Å². The van der Waals surface area contributed by atoms with Crippen LogP contribution in [-0.4, -0.2) is 41.5 Å². The fourth-order valence-corrected chi connectivity index (χ4v) is 3.09. The van der Waals surface area contributed by atoms with Gasteiger partial charge in [-0.05, 0) is 39.0 Å². The van der Waals surface area contributed by atoms with Gasteiger partial charge in [0.25, 0.3) is 5.91 Å². The molecule has 1 aromatic heterocycles. The Morgan fingerprint density at radius 2 is 1.86 bits per heavy atom. The highest BCUT2D eigenvalue weighted by atomic mass is 16.2. The van der Waals surface area contributed by atoms with Crippen molar-refractivity contribution in [3.05, 3.63) is 53.3 Å². The first-order valence-corrected chi connectivity index (χ1v) is 7.83. The van der Waals surface area contributed by atoms with Gasteiger partial charge in [0.2, 0.25) is 0 Å². The molecule has 1 atom stereocenters. The number of H-pyrrole nitrogens is 1. The van der Waals surface area contributed by atoms with Crippen LogP contribution in [0.1, 0.15) is 28.5 Å². The average molecular weight is 297 g/mol. The Hall–Kier alpha value is -2.23. The Balaban J connectivity index is 1.71. The number of nitrogens with one attached hydrogen (secondary N) is 1. The van der Waals surface area contributed by atoms with Gasteiger partial charge in [0.1, 0.15) is 0 Å². The minimum Gasteiger partial charge on any atom is -0.368 e. The van der Waals surface area contributed by atoms with E-state index in [4.69, 9.17) is 0 Å². The highest BCUT2D eigenvalue weighted by molar-refractivity contribution is 5.95. The summed E-state index contributed by atoms with van der Waals surface area (Å²) in [6, 6.07) is 10.7. The second-order valence-electron chi connectivity index (χ2n) is 6.15. The average Bonchev–Trinajstić information content (AvgIpc) is 2.93. The smallest absolute Gasteiger partial charge is 0.256 e. The summed E-state index contributed by atoms with van der Waals surface area (Å²) >= 11 is 0. The van der Waals surface area contributed by atoms with Crippen molar-refractivity contribution in [2.24, 2.45) is 0 Å². The molecule has 2 heterocycles. The van der Waals surface area contributed by atoms with Gasteiger partial charge in [0, 0.05) is 43.3 Å². The van der Waals surface area contributed by atoms with Crippen LogP contribution in [0.5, 0.6) is 0 Å². The summed E-state index contributed by atoms with van der Waals surface area (Å²) in [6.07, 6.45) is 1.83. The van der Waals surface area contributed by atoms with Crippen LogP contribution in [0.25, 0.3) is 0 Å². The molecule has 0 aliphatic carbocycles. The lowest BCUT2D eigenvalue weighted by molar-refractivity contribution is 0.0673. The summed E-state index contributed by atoms with van der Waals surface area (Å²) < 4.78 is 0. The van der Waals surface area contributed by atoms with Crippen molar-refractivity contribution in [2.75, 3.05) is 24.5 Å². The summed E-state index contributed by atoms with van der Waals surface area (Å²) in [4.78, 5) is 20.1. The molecule has 1 aliphatic heterocycles. The van der Waals surface area contributed by atoms with Crippen LogP contribution in [0.2, 0.25) is 0 Å². The third-order valence-corrected chi connectivity index (χ3v) is 4.47. The number of hydrogen-bond acceptors (Lipinski definition) is 2. The number of nitrogens with zero attached hydrogens (tertiary/aromatic N) is 2. The summed E-state index contributed by atoms with van der Waals surface area (Å²) in [6.45, 7) is 8.68. The minimum atomic E-state index is 0.134. The fourth-order valence-electron chi connectivity index (χ4n) is 3.09.